The van der Waals surface area contributed by atoms with Crippen molar-refractivity contribution >= 4 is 17.7 Å². The second-order valence-corrected chi connectivity index (χ2v) is 10.8. The average molecular weight is 527 g/mol. The van der Waals surface area contributed by atoms with E-state index in [1.165, 1.54) is 39.0 Å². The maximum Gasteiger partial charge on any atom is 0.309 e. The number of Topliss-reactive ketones (excluding diaryl/α,β-unsaturated/α-hetero) is 1. The summed E-state index contributed by atoms with van der Waals surface area (Å²) in [4.78, 5) is 37.0. The quantitative estimate of drug-likeness (QED) is 0.0906. The van der Waals surface area contributed by atoms with Crippen LogP contribution in [0.4, 0.5) is 0 Å². The summed E-state index contributed by atoms with van der Waals surface area (Å²) < 4.78 is 11.4. The molecule has 0 amide bonds. The molecule has 0 radical (unpaired) electrons. The van der Waals surface area contributed by atoms with E-state index in [1.807, 2.05) is 0 Å². The molecule has 0 aliphatic rings. The Morgan fingerprint density at radius 1 is 0.541 bits per heavy atom. The van der Waals surface area contributed by atoms with Gasteiger partial charge in [0.15, 0.2) is 0 Å². The Morgan fingerprint density at radius 3 is 1.35 bits per heavy atom. The van der Waals surface area contributed by atoms with Gasteiger partial charge in [0.25, 0.3) is 0 Å². The van der Waals surface area contributed by atoms with Crippen LogP contribution in [0, 0.1) is 0 Å². The van der Waals surface area contributed by atoms with Crippen LogP contribution in [-0.2, 0) is 23.9 Å². The highest BCUT2D eigenvalue weighted by Crippen LogP contribution is 2.18. The van der Waals surface area contributed by atoms with Gasteiger partial charge in [0, 0.05) is 6.42 Å². The van der Waals surface area contributed by atoms with Gasteiger partial charge in [-0.1, -0.05) is 104 Å². The number of esters is 2. The molecule has 0 rings (SSSR count). The third-order valence-electron chi connectivity index (χ3n) is 6.81. The van der Waals surface area contributed by atoms with Gasteiger partial charge in [0.2, 0.25) is 0 Å². The van der Waals surface area contributed by atoms with Crippen LogP contribution in [0.1, 0.15) is 163 Å². The number of carbonyl (C=O) groups excluding carboxylic acids is 3. The Hall–Kier alpha value is -1.43. The van der Waals surface area contributed by atoms with Gasteiger partial charge >= 0.3 is 11.9 Å². The van der Waals surface area contributed by atoms with Crippen LogP contribution < -0.4 is 0 Å². The molecule has 0 aliphatic heterocycles. The fourth-order valence-corrected chi connectivity index (χ4v) is 4.61. The van der Waals surface area contributed by atoms with Gasteiger partial charge in [-0.3, -0.25) is 14.4 Å². The molecule has 3 unspecified atom stereocenters. The summed E-state index contributed by atoms with van der Waals surface area (Å²) in [7, 11) is 0. The van der Waals surface area contributed by atoms with Crippen molar-refractivity contribution in [2.24, 2.45) is 0 Å². The summed E-state index contributed by atoms with van der Waals surface area (Å²) in [6.07, 6.45) is 16.7. The molecule has 0 fully saturated rings. The Bertz CT molecular complexity index is 576. The molecular formula is C31H58O6. The molecule has 0 aromatic heterocycles. The van der Waals surface area contributed by atoms with Gasteiger partial charge in [0.1, 0.15) is 18.0 Å². The van der Waals surface area contributed by atoms with Crippen molar-refractivity contribution in [3.8, 4) is 0 Å². The topological polar surface area (TPSA) is 89.9 Å². The van der Waals surface area contributed by atoms with E-state index in [9.17, 15) is 19.5 Å². The zero-order valence-corrected chi connectivity index (χ0v) is 24.6. The first-order valence-electron chi connectivity index (χ1n) is 15.4. The second-order valence-electron chi connectivity index (χ2n) is 10.8. The van der Waals surface area contributed by atoms with Gasteiger partial charge in [-0.25, -0.2) is 0 Å². The monoisotopic (exact) mass is 526 g/mol. The fraction of sp³-hybridized carbons (Fsp3) is 0.903. The van der Waals surface area contributed by atoms with Gasteiger partial charge in [-0.05, 0) is 39.0 Å². The molecule has 0 aromatic carbocycles. The number of carbonyl (C=O) groups is 3. The standard InChI is InChI=1S/C31H58O6/c1-5-8-11-14-17-20-27(33)24-30(34)37-29(22-19-16-13-10-7-3)25-31(35)36-28(23-26(4)32)21-18-15-12-9-6-2/h27-29,33H,5-25H2,1-4H3. The van der Waals surface area contributed by atoms with Crippen LogP contribution in [0.25, 0.3) is 0 Å². The van der Waals surface area contributed by atoms with Crippen LogP contribution in [-0.4, -0.2) is 41.1 Å². The molecule has 0 aliphatic carbocycles. The van der Waals surface area contributed by atoms with E-state index in [4.69, 9.17) is 9.47 Å². The number of hydrogen-bond acceptors (Lipinski definition) is 6. The molecule has 1 N–H and O–H groups in total. The predicted octanol–water partition coefficient (Wildman–Crippen LogP) is 8.01. The molecule has 0 saturated carbocycles. The minimum absolute atomic E-state index is 0.00310. The highest BCUT2D eigenvalue weighted by atomic mass is 16.6. The predicted molar refractivity (Wildman–Crippen MR) is 150 cm³/mol. The van der Waals surface area contributed by atoms with Crippen LogP contribution in [0.3, 0.4) is 0 Å². The average Bonchev–Trinajstić information content (AvgIpc) is 2.83. The smallest absolute Gasteiger partial charge is 0.309 e. The Kier molecular flexibility index (Phi) is 23.9. The van der Waals surface area contributed by atoms with E-state index in [0.717, 1.165) is 64.2 Å². The first kappa shape index (κ1) is 35.6. The van der Waals surface area contributed by atoms with Crippen molar-refractivity contribution in [2.75, 3.05) is 0 Å². The number of rotatable bonds is 26. The highest BCUT2D eigenvalue weighted by Gasteiger charge is 2.23. The number of unbranched alkanes of at least 4 members (excludes halogenated alkanes) is 12. The van der Waals surface area contributed by atoms with Crippen molar-refractivity contribution in [2.45, 2.75) is 181 Å². The third-order valence-corrected chi connectivity index (χ3v) is 6.81. The lowest BCUT2D eigenvalue weighted by atomic mass is 10.0. The normalized spacial score (nSPS) is 13.6. The molecule has 0 spiro atoms. The maximum absolute atomic E-state index is 12.8. The van der Waals surface area contributed by atoms with Crippen molar-refractivity contribution in [1.82, 2.24) is 0 Å². The largest absolute Gasteiger partial charge is 0.462 e. The summed E-state index contributed by atoms with van der Waals surface area (Å²) in [5.74, 6) is -0.861. The lowest BCUT2D eigenvalue weighted by Crippen LogP contribution is -2.28. The lowest BCUT2D eigenvalue weighted by Gasteiger charge is -2.21. The molecule has 0 heterocycles. The molecule has 0 aromatic rings. The van der Waals surface area contributed by atoms with E-state index < -0.39 is 30.3 Å². The SMILES string of the molecule is CCCCCCCC(O)CC(=O)OC(CCCCCCC)CC(=O)OC(CCCCCCC)CC(C)=O. The number of aliphatic hydroxyl groups excluding tert-OH is 1. The first-order valence-corrected chi connectivity index (χ1v) is 15.4. The first-order chi connectivity index (χ1) is 17.8. The van der Waals surface area contributed by atoms with E-state index in [-0.39, 0.29) is 25.0 Å². The molecule has 37 heavy (non-hydrogen) atoms. The molecule has 218 valence electrons. The van der Waals surface area contributed by atoms with Gasteiger partial charge in [-0.15, -0.1) is 0 Å². The zero-order valence-electron chi connectivity index (χ0n) is 24.6. The number of aliphatic hydroxyl groups is 1. The molecular weight excluding hydrogens is 468 g/mol. The van der Waals surface area contributed by atoms with E-state index in [2.05, 4.69) is 20.8 Å². The van der Waals surface area contributed by atoms with Crippen LogP contribution >= 0.6 is 0 Å². The van der Waals surface area contributed by atoms with E-state index in [1.54, 1.807) is 0 Å². The van der Waals surface area contributed by atoms with Crippen molar-refractivity contribution < 1.29 is 29.0 Å². The highest BCUT2D eigenvalue weighted by molar-refractivity contribution is 5.77. The molecule has 0 bridgehead atoms. The van der Waals surface area contributed by atoms with Gasteiger partial charge < -0.3 is 14.6 Å². The summed E-state index contributed by atoms with van der Waals surface area (Å²) >= 11 is 0. The molecule has 0 saturated heterocycles. The summed E-state index contributed by atoms with van der Waals surface area (Å²) in [5, 5.41) is 10.3. The molecule has 6 nitrogen and oxygen atoms in total. The van der Waals surface area contributed by atoms with Gasteiger partial charge in [0.05, 0.1) is 18.9 Å². The Morgan fingerprint density at radius 2 is 0.919 bits per heavy atom. The van der Waals surface area contributed by atoms with Crippen molar-refractivity contribution in [1.29, 1.82) is 0 Å². The van der Waals surface area contributed by atoms with E-state index in [0.29, 0.717) is 19.3 Å². The number of hydrogen-bond donors (Lipinski definition) is 1. The van der Waals surface area contributed by atoms with E-state index >= 15 is 0 Å². The zero-order chi connectivity index (χ0) is 27.7. The molecule has 3 atom stereocenters. The maximum atomic E-state index is 12.8. The third kappa shape index (κ3) is 23.4. The lowest BCUT2D eigenvalue weighted by molar-refractivity contribution is -0.159. The molecule has 6 heteroatoms. The van der Waals surface area contributed by atoms with Crippen molar-refractivity contribution in [3.63, 3.8) is 0 Å². The minimum atomic E-state index is -0.709. The fourth-order valence-electron chi connectivity index (χ4n) is 4.61. The van der Waals surface area contributed by atoms with Crippen molar-refractivity contribution in [3.05, 3.63) is 0 Å². The Balaban J connectivity index is 4.78. The number of ether oxygens (including phenoxy) is 2. The van der Waals surface area contributed by atoms with Crippen LogP contribution in [0.2, 0.25) is 0 Å². The minimum Gasteiger partial charge on any atom is -0.462 e. The second kappa shape index (κ2) is 24.9. The van der Waals surface area contributed by atoms with Gasteiger partial charge in [-0.2, -0.15) is 0 Å². The Labute approximate surface area is 227 Å². The van der Waals surface area contributed by atoms with Crippen LogP contribution in [0.5, 0.6) is 0 Å². The van der Waals surface area contributed by atoms with Crippen LogP contribution in [0.15, 0.2) is 0 Å². The summed E-state index contributed by atoms with van der Waals surface area (Å²) in [6.45, 7) is 8.02. The summed E-state index contributed by atoms with van der Waals surface area (Å²) in [6, 6.07) is 0. The number of ketones is 1. The summed E-state index contributed by atoms with van der Waals surface area (Å²) in [5.41, 5.74) is 0.